The van der Waals surface area contributed by atoms with E-state index in [2.05, 4.69) is 19.7 Å². The van der Waals surface area contributed by atoms with E-state index < -0.39 is 31.9 Å². The number of urea groups is 1. The summed E-state index contributed by atoms with van der Waals surface area (Å²) < 4.78 is 71.0. The summed E-state index contributed by atoms with van der Waals surface area (Å²) in [5, 5.41) is 2.83. The largest absolute Gasteiger partial charge is 0.457 e. The molecule has 2 amide bonds. The van der Waals surface area contributed by atoms with E-state index in [1.165, 1.54) is 24.3 Å². The van der Waals surface area contributed by atoms with Crippen molar-refractivity contribution >= 4 is 49.9 Å². The number of nitrogens with one attached hydrogen (secondary N) is 3. The van der Waals surface area contributed by atoms with Gasteiger partial charge in [-0.05, 0) is 85.5 Å². The van der Waals surface area contributed by atoms with E-state index in [1.807, 2.05) is 31.2 Å². The molecule has 3 aromatic carbocycles. The van der Waals surface area contributed by atoms with Crippen molar-refractivity contribution in [2.24, 2.45) is 0 Å². The molecule has 15 heteroatoms. The van der Waals surface area contributed by atoms with Gasteiger partial charge in [-0.25, -0.2) is 30.7 Å². The number of nitrogens with zero attached hydrogens (tertiary/aromatic N) is 2. The number of benzene rings is 3. The normalized spacial score (nSPS) is 15.0. The summed E-state index contributed by atoms with van der Waals surface area (Å²) in [5.74, 6) is 0.824. The fraction of sp³-hybridized carbons (Fsp3) is 0.387. The van der Waals surface area contributed by atoms with Crippen LogP contribution in [0, 0.1) is 5.82 Å². The molecule has 0 aliphatic carbocycles. The number of carbonyl (C=O) groups excluding carboxylic acids is 1. The van der Waals surface area contributed by atoms with Gasteiger partial charge in [0.05, 0.1) is 12.5 Å². The highest BCUT2D eigenvalue weighted by molar-refractivity contribution is 7.92. The van der Waals surface area contributed by atoms with Crippen molar-refractivity contribution in [2.75, 3.05) is 42.2 Å². The molecule has 0 spiro atoms. The van der Waals surface area contributed by atoms with Crippen LogP contribution in [0.1, 0.15) is 31.7 Å². The van der Waals surface area contributed by atoms with Crippen molar-refractivity contribution in [3.05, 3.63) is 84.2 Å². The third-order valence-corrected chi connectivity index (χ3v) is 8.74. The number of rotatable bonds is 13. The molecule has 1 heterocycles. The Balaban J connectivity index is 0.00000576. The zero-order valence-electron chi connectivity index (χ0n) is 26.0. The Morgan fingerprint density at radius 2 is 1.43 bits per heavy atom. The smallest absolute Gasteiger partial charge is 0.322 e. The van der Waals surface area contributed by atoms with Crippen LogP contribution in [0.3, 0.4) is 0 Å². The topological polar surface area (TPSA) is 137 Å². The molecule has 1 aliphatic heterocycles. The fourth-order valence-corrected chi connectivity index (χ4v) is 6.58. The SMILES string of the molecule is CCC(CN(C(=O)Nc1ccc(F)cc1)C1CCN(Cc2ccc(Oc3ccc(NS(C)(=O)=O)cc3)cc2)CC1)NS(C)(=O)=O.Cl. The molecule has 46 heavy (non-hydrogen) atoms. The van der Waals surface area contributed by atoms with E-state index in [-0.39, 0.29) is 31.0 Å². The van der Waals surface area contributed by atoms with Crippen molar-refractivity contribution in [1.82, 2.24) is 14.5 Å². The minimum Gasteiger partial charge on any atom is -0.457 e. The first-order valence-corrected chi connectivity index (χ1v) is 18.4. The molecule has 0 bridgehead atoms. The number of likely N-dealkylation sites (tertiary alicyclic amines) is 1. The monoisotopic (exact) mass is 697 g/mol. The van der Waals surface area contributed by atoms with Gasteiger partial charge in [-0.3, -0.25) is 9.62 Å². The van der Waals surface area contributed by atoms with Crippen LogP contribution < -0.4 is 19.5 Å². The van der Waals surface area contributed by atoms with Gasteiger partial charge in [-0.15, -0.1) is 12.4 Å². The van der Waals surface area contributed by atoms with Gasteiger partial charge in [0.1, 0.15) is 17.3 Å². The molecular formula is C31H41ClFN5O6S2. The zero-order chi connectivity index (χ0) is 32.6. The highest BCUT2D eigenvalue weighted by Crippen LogP contribution is 2.25. The summed E-state index contributed by atoms with van der Waals surface area (Å²) in [5.41, 5.74) is 2.01. The van der Waals surface area contributed by atoms with Crippen molar-refractivity contribution in [1.29, 1.82) is 0 Å². The maximum Gasteiger partial charge on any atom is 0.322 e. The third-order valence-electron chi connectivity index (χ3n) is 7.37. The predicted molar refractivity (Wildman–Crippen MR) is 181 cm³/mol. The summed E-state index contributed by atoms with van der Waals surface area (Å²) >= 11 is 0. The van der Waals surface area contributed by atoms with E-state index >= 15 is 0 Å². The lowest BCUT2D eigenvalue weighted by Gasteiger charge is -2.40. The Morgan fingerprint density at radius 1 is 0.891 bits per heavy atom. The number of carbonyl (C=O) groups is 1. The summed E-state index contributed by atoms with van der Waals surface area (Å²) in [6.45, 7) is 4.28. The molecule has 1 saturated heterocycles. The van der Waals surface area contributed by atoms with Gasteiger partial charge in [0.25, 0.3) is 0 Å². The first-order valence-electron chi connectivity index (χ1n) is 14.6. The summed E-state index contributed by atoms with van der Waals surface area (Å²) in [7, 11) is -6.81. The third kappa shape index (κ3) is 12.1. The lowest BCUT2D eigenvalue weighted by atomic mass is 10.0. The molecule has 0 saturated carbocycles. The van der Waals surface area contributed by atoms with Crippen LogP contribution in [0.4, 0.5) is 20.6 Å². The maximum atomic E-state index is 13.4. The van der Waals surface area contributed by atoms with Gasteiger partial charge in [0, 0.05) is 49.6 Å². The van der Waals surface area contributed by atoms with Crippen LogP contribution in [-0.2, 0) is 26.6 Å². The fourth-order valence-electron chi connectivity index (χ4n) is 5.17. The molecule has 1 unspecified atom stereocenters. The summed E-state index contributed by atoms with van der Waals surface area (Å²) in [6.07, 6.45) is 4.12. The predicted octanol–water partition coefficient (Wildman–Crippen LogP) is 5.24. The average molecular weight is 698 g/mol. The number of amides is 2. The van der Waals surface area contributed by atoms with Gasteiger partial charge in [-0.2, -0.15) is 0 Å². The second-order valence-corrected chi connectivity index (χ2v) is 14.8. The maximum absolute atomic E-state index is 13.4. The number of halogens is 2. The van der Waals surface area contributed by atoms with Crippen LogP contribution in [-0.4, -0.2) is 76.9 Å². The number of hydrogen-bond acceptors (Lipinski definition) is 7. The molecule has 252 valence electrons. The molecule has 4 rings (SSSR count). The Labute approximate surface area is 277 Å². The molecule has 3 aromatic rings. The molecule has 1 fully saturated rings. The second kappa shape index (κ2) is 16.4. The Morgan fingerprint density at radius 3 is 1.96 bits per heavy atom. The average Bonchev–Trinajstić information content (AvgIpc) is 2.97. The van der Waals surface area contributed by atoms with Crippen molar-refractivity contribution in [2.45, 2.75) is 44.8 Å². The summed E-state index contributed by atoms with van der Waals surface area (Å²) in [4.78, 5) is 17.4. The minimum atomic E-state index is -3.46. The van der Waals surface area contributed by atoms with Crippen LogP contribution >= 0.6 is 12.4 Å². The van der Waals surface area contributed by atoms with E-state index in [0.29, 0.717) is 48.7 Å². The lowest BCUT2D eigenvalue weighted by molar-refractivity contribution is 0.118. The van der Waals surface area contributed by atoms with Crippen LogP contribution in [0.25, 0.3) is 0 Å². The van der Waals surface area contributed by atoms with Crippen LogP contribution in [0.2, 0.25) is 0 Å². The van der Waals surface area contributed by atoms with Crippen molar-refractivity contribution < 1.29 is 30.8 Å². The zero-order valence-corrected chi connectivity index (χ0v) is 28.4. The van der Waals surface area contributed by atoms with Gasteiger partial charge < -0.3 is 15.0 Å². The molecule has 1 aliphatic rings. The number of piperidine rings is 1. The van der Waals surface area contributed by atoms with E-state index in [9.17, 15) is 26.0 Å². The van der Waals surface area contributed by atoms with E-state index in [1.54, 1.807) is 29.2 Å². The highest BCUT2D eigenvalue weighted by atomic mass is 35.5. The Kier molecular flexibility index (Phi) is 13.2. The minimum absolute atomic E-state index is 0. The van der Waals surface area contributed by atoms with Crippen LogP contribution in [0.15, 0.2) is 72.8 Å². The Bertz CT molecular complexity index is 1640. The first kappa shape index (κ1) is 37.0. The molecule has 0 radical (unpaired) electrons. The first-order chi connectivity index (χ1) is 21.3. The number of ether oxygens (including phenoxy) is 1. The number of hydrogen-bond donors (Lipinski definition) is 3. The lowest BCUT2D eigenvalue weighted by Crippen LogP contribution is -2.53. The molecule has 0 aromatic heterocycles. The molecule has 3 N–H and O–H groups in total. The molecule has 11 nitrogen and oxygen atoms in total. The van der Waals surface area contributed by atoms with Gasteiger partial charge in [0.2, 0.25) is 20.0 Å². The van der Waals surface area contributed by atoms with Crippen molar-refractivity contribution in [3.63, 3.8) is 0 Å². The standard InChI is InChI=1S/C31H40FN5O6S2.ClH/c1-4-25(34-44(2,39)40)22-37(31(38)33-26-9-7-24(32)8-10-26)28-17-19-36(20-18-28)21-23-5-13-29(14-6-23)43-30-15-11-27(12-16-30)35-45(3,41)42;/h5-16,25,28,34-35H,4,17-22H2,1-3H3,(H,33,38);1H. The van der Waals surface area contributed by atoms with Gasteiger partial charge in [-0.1, -0.05) is 19.1 Å². The van der Waals surface area contributed by atoms with Gasteiger partial charge in [0.15, 0.2) is 0 Å². The van der Waals surface area contributed by atoms with Crippen molar-refractivity contribution in [3.8, 4) is 11.5 Å². The number of sulfonamides is 2. The molecular weight excluding hydrogens is 657 g/mol. The Hall–Kier alpha value is -3.43. The summed E-state index contributed by atoms with van der Waals surface area (Å²) in [6, 6.07) is 19.0. The quantitative estimate of drug-likeness (QED) is 0.222. The van der Waals surface area contributed by atoms with Gasteiger partial charge >= 0.3 is 6.03 Å². The van der Waals surface area contributed by atoms with E-state index in [0.717, 1.165) is 31.2 Å². The molecule has 1 atom stereocenters. The van der Waals surface area contributed by atoms with E-state index in [4.69, 9.17) is 4.74 Å². The number of anilines is 2. The van der Waals surface area contributed by atoms with Crippen LogP contribution in [0.5, 0.6) is 11.5 Å². The second-order valence-electron chi connectivity index (χ2n) is 11.2. The highest BCUT2D eigenvalue weighted by Gasteiger charge is 2.30.